The first-order chi connectivity index (χ1) is 12.1. The Morgan fingerprint density at radius 1 is 1.28 bits per heavy atom. The number of aliphatic imine (C=N–C) groups is 1. The van der Waals surface area contributed by atoms with Crippen molar-refractivity contribution in [3.63, 3.8) is 0 Å². The van der Waals surface area contributed by atoms with Crippen LogP contribution in [0.5, 0.6) is 0 Å². The molecule has 0 aliphatic rings. The van der Waals surface area contributed by atoms with Crippen molar-refractivity contribution in [3.8, 4) is 0 Å². The third-order valence-corrected chi connectivity index (χ3v) is 4.80. The van der Waals surface area contributed by atoms with Gasteiger partial charge in [-0.05, 0) is 39.7 Å². The molecule has 2 N–H and O–H groups in total. The minimum Gasteiger partial charge on any atom is -0.357 e. The predicted molar refractivity (Wildman–Crippen MR) is 104 cm³/mol. The van der Waals surface area contributed by atoms with Crippen LogP contribution in [0.25, 0.3) is 0 Å². The standard InChI is InChI=1S/C18H27N5OS/c1-4-19-18(21-13-16-14(2)22-15(3)25-16)20-10-6-8-12-23-11-7-5-9-17(23)24/h5,7,9,11H,4,6,8,10,12-13H2,1-3H3,(H2,19,20,21). The van der Waals surface area contributed by atoms with Crippen molar-refractivity contribution in [1.29, 1.82) is 0 Å². The first kappa shape index (κ1) is 19.2. The molecule has 0 spiro atoms. The van der Waals surface area contributed by atoms with Crippen LogP contribution in [0.3, 0.4) is 0 Å². The third-order valence-electron chi connectivity index (χ3n) is 3.74. The summed E-state index contributed by atoms with van der Waals surface area (Å²) >= 11 is 1.70. The number of hydrogen-bond acceptors (Lipinski definition) is 4. The Morgan fingerprint density at radius 2 is 2.12 bits per heavy atom. The van der Waals surface area contributed by atoms with E-state index in [1.807, 2.05) is 26.1 Å². The number of nitrogens with one attached hydrogen (secondary N) is 2. The Bertz CT molecular complexity index is 750. The molecule has 0 radical (unpaired) electrons. The number of pyridine rings is 1. The fourth-order valence-corrected chi connectivity index (χ4v) is 3.33. The van der Waals surface area contributed by atoms with Gasteiger partial charge in [0.05, 0.1) is 17.2 Å². The molecule has 0 fully saturated rings. The number of guanidine groups is 1. The number of nitrogens with zero attached hydrogens (tertiary/aromatic N) is 3. The normalized spacial score (nSPS) is 11.6. The Hall–Kier alpha value is -2.15. The zero-order valence-electron chi connectivity index (χ0n) is 15.2. The molecule has 136 valence electrons. The summed E-state index contributed by atoms with van der Waals surface area (Å²) in [5.74, 6) is 0.824. The van der Waals surface area contributed by atoms with Crippen molar-refractivity contribution in [2.24, 2.45) is 4.99 Å². The Kier molecular flexibility index (Phi) is 7.66. The van der Waals surface area contributed by atoms with Gasteiger partial charge in [-0.1, -0.05) is 6.07 Å². The van der Waals surface area contributed by atoms with Gasteiger partial charge >= 0.3 is 0 Å². The van der Waals surface area contributed by atoms with Gasteiger partial charge in [-0.15, -0.1) is 11.3 Å². The smallest absolute Gasteiger partial charge is 0.250 e. The molecular formula is C18H27N5OS. The zero-order chi connectivity index (χ0) is 18.1. The van der Waals surface area contributed by atoms with Crippen LogP contribution in [-0.4, -0.2) is 28.6 Å². The summed E-state index contributed by atoms with van der Waals surface area (Å²) in [5, 5.41) is 7.70. The van der Waals surface area contributed by atoms with Gasteiger partial charge in [0, 0.05) is 36.8 Å². The fraction of sp³-hybridized carbons (Fsp3) is 0.500. The SMILES string of the molecule is CCNC(=NCc1sc(C)nc1C)NCCCCn1ccccc1=O. The van der Waals surface area contributed by atoms with Crippen LogP contribution in [0.2, 0.25) is 0 Å². The summed E-state index contributed by atoms with van der Waals surface area (Å²) in [4.78, 5) is 21.9. The lowest BCUT2D eigenvalue weighted by Gasteiger charge is -2.11. The molecule has 0 aromatic carbocycles. The lowest BCUT2D eigenvalue weighted by molar-refractivity contribution is 0.585. The van der Waals surface area contributed by atoms with Gasteiger partial charge in [0.1, 0.15) is 0 Å². The first-order valence-electron chi connectivity index (χ1n) is 8.70. The molecule has 2 rings (SSSR count). The lowest BCUT2D eigenvalue weighted by atomic mass is 10.3. The summed E-state index contributed by atoms with van der Waals surface area (Å²) in [6.07, 6.45) is 3.76. The highest BCUT2D eigenvalue weighted by atomic mass is 32.1. The summed E-state index contributed by atoms with van der Waals surface area (Å²) in [6.45, 7) is 9.15. The molecule has 0 amide bonds. The molecule has 0 saturated carbocycles. The van der Waals surface area contributed by atoms with Crippen molar-refractivity contribution < 1.29 is 0 Å². The van der Waals surface area contributed by atoms with E-state index < -0.39 is 0 Å². The molecule has 0 atom stereocenters. The van der Waals surface area contributed by atoms with Crippen molar-refractivity contribution >= 4 is 17.3 Å². The van der Waals surface area contributed by atoms with E-state index >= 15 is 0 Å². The number of aromatic nitrogens is 2. The van der Waals surface area contributed by atoms with Crippen molar-refractivity contribution in [1.82, 2.24) is 20.2 Å². The number of aryl methyl sites for hydroxylation is 3. The van der Waals surface area contributed by atoms with Crippen molar-refractivity contribution in [2.75, 3.05) is 13.1 Å². The maximum absolute atomic E-state index is 11.6. The van der Waals surface area contributed by atoms with Gasteiger partial charge in [0.2, 0.25) is 5.56 Å². The number of hydrogen-bond donors (Lipinski definition) is 2. The highest BCUT2D eigenvalue weighted by Crippen LogP contribution is 2.17. The molecule has 2 aromatic heterocycles. The van der Waals surface area contributed by atoms with Gasteiger partial charge in [0.25, 0.3) is 0 Å². The van der Waals surface area contributed by atoms with Gasteiger partial charge in [-0.3, -0.25) is 4.79 Å². The monoisotopic (exact) mass is 361 g/mol. The van der Waals surface area contributed by atoms with Crippen LogP contribution in [0, 0.1) is 13.8 Å². The van der Waals surface area contributed by atoms with Gasteiger partial charge in [0.15, 0.2) is 5.96 Å². The molecule has 25 heavy (non-hydrogen) atoms. The molecule has 0 saturated heterocycles. The molecule has 7 heteroatoms. The van der Waals surface area contributed by atoms with E-state index in [4.69, 9.17) is 0 Å². The average molecular weight is 362 g/mol. The highest BCUT2D eigenvalue weighted by molar-refractivity contribution is 7.11. The number of unbranched alkanes of at least 4 members (excludes halogenated alkanes) is 1. The van der Waals surface area contributed by atoms with Crippen LogP contribution >= 0.6 is 11.3 Å². The van der Waals surface area contributed by atoms with Crippen LogP contribution in [-0.2, 0) is 13.1 Å². The van der Waals surface area contributed by atoms with E-state index in [1.165, 1.54) is 4.88 Å². The van der Waals surface area contributed by atoms with Gasteiger partial charge < -0.3 is 15.2 Å². The topological polar surface area (TPSA) is 71.3 Å². The Balaban J connectivity index is 1.77. The molecule has 0 aliphatic carbocycles. The average Bonchev–Trinajstić information content (AvgIpc) is 2.91. The lowest BCUT2D eigenvalue weighted by Crippen LogP contribution is -2.37. The molecule has 0 bridgehead atoms. The van der Waals surface area contributed by atoms with E-state index in [1.54, 1.807) is 28.0 Å². The third kappa shape index (κ3) is 6.34. The Labute approximate surface area is 153 Å². The van der Waals surface area contributed by atoms with E-state index in [0.717, 1.165) is 49.1 Å². The summed E-state index contributed by atoms with van der Waals surface area (Å²) < 4.78 is 1.74. The second kappa shape index (κ2) is 9.98. The highest BCUT2D eigenvalue weighted by Gasteiger charge is 2.04. The predicted octanol–water partition coefficient (Wildman–Crippen LogP) is 2.46. The van der Waals surface area contributed by atoms with Crippen LogP contribution in [0.1, 0.15) is 35.3 Å². The molecule has 2 aromatic rings. The number of rotatable bonds is 8. The second-order valence-corrected chi connectivity index (χ2v) is 7.09. The van der Waals surface area contributed by atoms with Crippen LogP contribution in [0.15, 0.2) is 34.2 Å². The quantitative estimate of drug-likeness (QED) is 0.430. The van der Waals surface area contributed by atoms with Gasteiger partial charge in [-0.2, -0.15) is 0 Å². The molecule has 0 aliphatic heterocycles. The van der Waals surface area contributed by atoms with E-state index in [-0.39, 0.29) is 5.56 Å². The summed E-state index contributed by atoms with van der Waals surface area (Å²) in [5.41, 5.74) is 1.12. The molecule has 0 unspecified atom stereocenters. The van der Waals surface area contributed by atoms with Crippen molar-refractivity contribution in [2.45, 2.75) is 46.7 Å². The first-order valence-corrected chi connectivity index (χ1v) is 9.52. The van der Waals surface area contributed by atoms with E-state index in [2.05, 4.69) is 27.5 Å². The fourth-order valence-electron chi connectivity index (χ4n) is 2.47. The van der Waals surface area contributed by atoms with Crippen LogP contribution < -0.4 is 16.2 Å². The zero-order valence-corrected chi connectivity index (χ0v) is 16.0. The molecule has 2 heterocycles. The number of thiazole rings is 1. The van der Waals surface area contributed by atoms with Crippen LogP contribution in [0.4, 0.5) is 0 Å². The summed E-state index contributed by atoms with van der Waals surface area (Å²) in [6, 6.07) is 5.25. The minimum absolute atomic E-state index is 0.0561. The second-order valence-electron chi connectivity index (χ2n) is 5.80. The van der Waals surface area contributed by atoms with Crippen molar-refractivity contribution in [3.05, 3.63) is 50.3 Å². The van der Waals surface area contributed by atoms with E-state index in [0.29, 0.717) is 6.54 Å². The maximum Gasteiger partial charge on any atom is 0.250 e. The molecule has 6 nitrogen and oxygen atoms in total. The summed E-state index contributed by atoms with van der Waals surface area (Å²) in [7, 11) is 0. The minimum atomic E-state index is 0.0561. The van der Waals surface area contributed by atoms with E-state index in [9.17, 15) is 4.79 Å². The maximum atomic E-state index is 11.6. The van der Waals surface area contributed by atoms with Gasteiger partial charge in [-0.25, -0.2) is 9.98 Å². The largest absolute Gasteiger partial charge is 0.357 e. The Morgan fingerprint density at radius 3 is 2.80 bits per heavy atom. The molecular weight excluding hydrogens is 334 g/mol.